The molecule has 3 fully saturated rings. The molecule has 6 heteroatoms. The molecule has 0 atom stereocenters. The van der Waals surface area contributed by atoms with Gasteiger partial charge in [-0.15, -0.1) is 5.10 Å². The zero-order valence-corrected chi connectivity index (χ0v) is 16.1. The summed E-state index contributed by atoms with van der Waals surface area (Å²) >= 11 is 0. The van der Waals surface area contributed by atoms with Gasteiger partial charge in [-0.3, -0.25) is 0 Å². The smallest absolute Gasteiger partial charge is 0.151 e. The normalized spacial score (nSPS) is 22.6. The maximum absolute atomic E-state index is 4.26. The van der Waals surface area contributed by atoms with Crippen molar-refractivity contribution in [3.63, 3.8) is 0 Å². The molecule has 2 aromatic heterocycles. The fourth-order valence-electron chi connectivity index (χ4n) is 4.54. The molecule has 144 valence electrons. The van der Waals surface area contributed by atoms with Crippen molar-refractivity contribution in [2.75, 3.05) is 31.1 Å². The van der Waals surface area contributed by atoms with E-state index in [4.69, 9.17) is 0 Å². The first-order chi connectivity index (χ1) is 13.3. The number of nitrogens with zero attached hydrogens (tertiary/aromatic N) is 6. The van der Waals surface area contributed by atoms with Crippen LogP contribution in [0.15, 0.2) is 42.9 Å². The van der Waals surface area contributed by atoms with Crippen LogP contribution < -0.4 is 4.90 Å². The van der Waals surface area contributed by atoms with Gasteiger partial charge in [0, 0.05) is 37.7 Å². The van der Waals surface area contributed by atoms with Crippen LogP contribution >= 0.6 is 0 Å². The average molecular weight is 367 g/mol. The van der Waals surface area contributed by atoms with Crippen molar-refractivity contribution < 1.29 is 0 Å². The maximum atomic E-state index is 4.26. The summed E-state index contributed by atoms with van der Waals surface area (Å²) in [5.41, 5.74) is 0.624. The van der Waals surface area contributed by atoms with Crippen LogP contribution in [0.3, 0.4) is 0 Å². The Morgan fingerprint density at radius 2 is 1.41 bits per heavy atom. The Kier molecular flexibility index (Phi) is 5.92. The summed E-state index contributed by atoms with van der Waals surface area (Å²) in [5, 5.41) is 15.3. The van der Waals surface area contributed by atoms with Crippen LogP contribution in [-0.4, -0.2) is 57.5 Å². The van der Waals surface area contributed by atoms with Gasteiger partial charge in [0.05, 0.1) is 0 Å². The van der Waals surface area contributed by atoms with Crippen molar-refractivity contribution in [1.29, 1.82) is 0 Å². The number of piperidine rings is 2. The molecule has 27 heavy (non-hydrogen) atoms. The number of anilines is 1. The summed E-state index contributed by atoms with van der Waals surface area (Å²) in [7, 11) is 0. The van der Waals surface area contributed by atoms with Crippen molar-refractivity contribution in [2.24, 2.45) is 5.41 Å². The SMILES string of the molecule is c1ccnnc1.c1cnnc(N2CCC3(CC2)CCN(C2CCC2)CC3)c1. The number of aromatic nitrogens is 4. The molecular weight excluding hydrogens is 336 g/mol. The molecule has 0 aromatic carbocycles. The summed E-state index contributed by atoms with van der Waals surface area (Å²) in [6, 6.07) is 8.66. The monoisotopic (exact) mass is 366 g/mol. The lowest BCUT2D eigenvalue weighted by molar-refractivity contribution is 0.0305. The van der Waals surface area contributed by atoms with E-state index >= 15 is 0 Å². The van der Waals surface area contributed by atoms with Crippen LogP contribution in [0.1, 0.15) is 44.9 Å². The first kappa shape index (κ1) is 18.3. The maximum Gasteiger partial charge on any atom is 0.151 e. The summed E-state index contributed by atoms with van der Waals surface area (Å²) in [6.45, 7) is 5.00. The Hall–Kier alpha value is -2.08. The number of likely N-dealkylation sites (tertiary alicyclic amines) is 1. The lowest BCUT2D eigenvalue weighted by atomic mass is 9.70. The van der Waals surface area contributed by atoms with Crippen molar-refractivity contribution in [1.82, 2.24) is 25.3 Å². The van der Waals surface area contributed by atoms with Gasteiger partial charge < -0.3 is 9.80 Å². The second-order valence-corrected chi connectivity index (χ2v) is 8.10. The fourth-order valence-corrected chi connectivity index (χ4v) is 4.54. The zero-order chi connectivity index (χ0) is 18.4. The second-order valence-electron chi connectivity index (χ2n) is 8.10. The van der Waals surface area contributed by atoms with E-state index in [0.29, 0.717) is 5.41 Å². The van der Waals surface area contributed by atoms with Crippen LogP contribution in [0, 0.1) is 5.41 Å². The Bertz CT molecular complexity index is 631. The fraction of sp³-hybridized carbons (Fsp3) is 0.619. The third kappa shape index (κ3) is 4.61. The van der Waals surface area contributed by atoms with E-state index in [2.05, 4.69) is 36.3 Å². The highest BCUT2D eigenvalue weighted by molar-refractivity contribution is 5.37. The molecule has 6 nitrogen and oxygen atoms in total. The zero-order valence-electron chi connectivity index (χ0n) is 16.1. The quantitative estimate of drug-likeness (QED) is 0.814. The Balaban J connectivity index is 0.000000257. The molecule has 2 aliphatic heterocycles. The standard InChI is InChI=1S/C17H26N4.C4H4N2/c1-3-15(4-1)20-11-6-17(7-12-20)8-13-21(14-9-17)16-5-2-10-18-19-16;1-2-4-6-5-3-1/h2,5,10,15H,1,3-4,6-9,11-14H2;1-4H. The molecule has 5 rings (SSSR count). The highest BCUT2D eigenvalue weighted by atomic mass is 15.3. The highest BCUT2D eigenvalue weighted by Gasteiger charge is 2.39. The number of hydrogen-bond donors (Lipinski definition) is 0. The first-order valence-electron chi connectivity index (χ1n) is 10.3. The predicted octanol–water partition coefficient (Wildman–Crippen LogP) is 3.19. The third-order valence-corrected chi connectivity index (χ3v) is 6.64. The van der Waals surface area contributed by atoms with Gasteiger partial charge in [-0.1, -0.05) is 6.42 Å². The Morgan fingerprint density at radius 3 is 1.89 bits per heavy atom. The lowest BCUT2D eigenvalue weighted by Crippen LogP contribution is -2.51. The van der Waals surface area contributed by atoms with Gasteiger partial charge in [-0.2, -0.15) is 15.3 Å². The van der Waals surface area contributed by atoms with Crippen molar-refractivity contribution >= 4 is 5.82 Å². The van der Waals surface area contributed by atoms with E-state index in [1.807, 2.05) is 18.2 Å². The van der Waals surface area contributed by atoms with Gasteiger partial charge in [0.1, 0.15) is 0 Å². The van der Waals surface area contributed by atoms with Crippen LogP contribution in [0.25, 0.3) is 0 Å². The topological polar surface area (TPSA) is 58.0 Å². The lowest BCUT2D eigenvalue weighted by Gasteiger charge is -2.50. The van der Waals surface area contributed by atoms with E-state index in [1.165, 1.54) is 58.0 Å². The second kappa shape index (κ2) is 8.74. The summed E-state index contributed by atoms with van der Waals surface area (Å²) in [6.07, 6.45) is 14.9. The van der Waals surface area contributed by atoms with Gasteiger partial charge in [-0.05, 0) is 81.3 Å². The molecule has 2 saturated heterocycles. The first-order valence-corrected chi connectivity index (χ1v) is 10.3. The summed E-state index contributed by atoms with van der Waals surface area (Å²) in [5.74, 6) is 1.05. The number of rotatable bonds is 2. The van der Waals surface area contributed by atoms with Crippen LogP contribution in [0.2, 0.25) is 0 Å². The minimum atomic E-state index is 0.624. The Labute approximate surface area is 162 Å². The molecule has 0 unspecified atom stereocenters. The van der Waals surface area contributed by atoms with E-state index in [0.717, 1.165) is 24.9 Å². The van der Waals surface area contributed by atoms with Gasteiger partial charge in [0.2, 0.25) is 0 Å². The summed E-state index contributed by atoms with van der Waals surface area (Å²) in [4.78, 5) is 5.18. The minimum Gasteiger partial charge on any atom is -0.355 e. The molecule has 1 saturated carbocycles. The molecule has 0 amide bonds. The molecule has 0 N–H and O–H groups in total. The molecule has 1 aliphatic carbocycles. The molecule has 4 heterocycles. The van der Waals surface area contributed by atoms with E-state index in [9.17, 15) is 0 Å². The van der Waals surface area contributed by atoms with Gasteiger partial charge >= 0.3 is 0 Å². The van der Waals surface area contributed by atoms with Crippen LogP contribution in [0.5, 0.6) is 0 Å². The third-order valence-electron chi connectivity index (χ3n) is 6.64. The minimum absolute atomic E-state index is 0.624. The van der Waals surface area contributed by atoms with Crippen LogP contribution in [0.4, 0.5) is 5.82 Å². The number of hydrogen-bond acceptors (Lipinski definition) is 6. The van der Waals surface area contributed by atoms with Crippen LogP contribution in [-0.2, 0) is 0 Å². The van der Waals surface area contributed by atoms with Gasteiger partial charge in [-0.25, -0.2) is 0 Å². The Morgan fingerprint density at radius 1 is 0.778 bits per heavy atom. The predicted molar refractivity (Wildman–Crippen MR) is 106 cm³/mol. The van der Waals surface area contributed by atoms with Crippen molar-refractivity contribution in [3.05, 3.63) is 42.9 Å². The van der Waals surface area contributed by atoms with Gasteiger partial charge in [0.25, 0.3) is 0 Å². The molecule has 3 aliphatic rings. The van der Waals surface area contributed by atoms with Crippen molar-refractivity contribution in [3.8, 4) is 0 Å². The van der Waals surface area contributed by atoms with E-state index in [-0.39, 0.29) is 0 Å². The van der Waals surface area contributed by atoms with E-state index < -0.39 is 0 Å². The molecule has 0 radical (unpaired) electrons. The molecular formula is C21H30N6. The largest absolute Gasteiger partial charge is 0.355 e. The average Bonchev–Trinajstić information content (AvgIpc) is 2.72. The summed E-state index contributed by atoms with van der Waals surface area (Å²) < 4.78 is 0. The van der Waals surface area contributed by atoms with Crippen molar-refractivity contribution in [2.45, 2.75) is 51.0 Å². The molecule has 2 aromatic rings. The highest BCUT2D eigenvalue weighted by Crippen LogP contribution is 2.43. The molecule has 1 spiro atoms. The van der Waals surface area contributed by atoms with E-state index in [1.54, 1.807) is 18.6 Å². The molecule has 0 bridgehead atoms. The van der Waals surface area contributed by atoms with Gasteiger partial charge in [0.15, 0.2) is 5.82 Å².